The van der Waals surface area contributed by atoms with Gasteiger partial charge in [0.05, 0.1) is 6.10 Å². The van der Waals surface area contributed by atoms with Crippen LogP contribution >= 0.6 is 0 Å². The van der Waals surface area contributed by atoms with Crippen molar-refractivity contribution in [2.45, 2.75) is 38.8 Å². The average Bonchev–Trinajstić information content (AvgIpc) is 2.14. The van der Waals surface area contributed by atoms with Gasteiger partial charge in [0.2, 0.25) is 5.91 Å². The number of amides is 1. The topological polar surface area (TPSA) is 49.3 Å². The van der Waals surface area contributed by atoms with Crippen LogP contribution in [-0.4, -0.2) is 23.2 Å². The van der Waals surface area contributed by atoms with Gasteiger partial charge in [-0.05, 0) is 30.8 Å². The van der Waals surface area contributed by atoms with Gasteiger partial charge in [0, 0.05) is 6.04 Å². The van der Waals surface area contributed by atoms with Gasteiger partial charge in [-0.25, -0.2) is 0 Å². The number of nitrogens with one attached hydrogen (secondary N) is 1. The summed E-state index contributed by atoms with van der Waals surface area (Å²) in [5.41, 5.74) is 0. The quantitative estimate of drug-likeness (QED) is 0.651. The van der Waals surface area contributed by atoms with Crippen molar-refractivity contribution >= 4 is 5.91 Å². The third-order valence-corrected chi connectivity index (χ3v) is 3.01. The number of hydrogen-bond donors (Lipinski definition) is 2. The SMILES string of the molecule is C=CC(=O)NC1CC(C)C(O)C(C)C1. The summed E-state index contributed by atoms with van der Waals surface area (Å²) < 4.78 is 0. The van der Waals surface area contributed by atoms with Crippen molar-refractivity contribution in [1.29, 1.82) is 0 Å². The zero-order chi connectivity index (χ0) is 10.7. The fourth-order valence-electron chi connectivity index (χ4n) is 2.21. The maximum absolute atomic E-state index is 11.1. The molecule has 0 radical (unpaired) electrons. The van der Waals surface area contributed by atoms with Gasteiger partial charge in [0.15, 0.2) is 0 Å². The van der Waals surface area contributed by atoms with Crippen molar-refractivity contribution < 1.29 is 9.90 Å². The lowest BCUT2D eigenvalue weighted by atomic mass is 9.78. The maximum Gasteiger partial charge on any atom is 0.243 e. The van der Waals surface area contributed by atoms with Gasteiger partial charge in [0.1, 0.15) is 0 Å². The number of carbonyl (C=O) groups is 1. The van der Waals surface area contributed by atoms with Gasteiger partial charge in [-0.3, -0.25) is 4.79 Å². The molecule has 0 bridgehead atoms. The summed E-state index contributed by atoms with van der Waals surface area (Å²) in [4.78, 5) is 11.1. The van der Waals surface area contributed by atoms with Crippen molar-refractivity contribution in [3.63, 3.8) is 0 Å². The molecule has 2 atom stereocenters. The molecule has 0 aromatic heterocycles. The molecule has 0 aromatic carbocycles. The minimum Gasteiger partial charge on any atom is -0.393 e. The largest absolute Gasteiger partial charge is 0.393 e. The van der Waals surface area contributed by atoms with Crippen molar-refractivity contribution in [3.05, 3.63) is 12.7 Å². The summed E-state index contributed by atoms with van der Waals surface area (Å²) in [5.74, 6) is 0.397. The van der Waals surface area contributed by atoms with Crippen LogP contribution < -0.4 is 5.32 Å². The maximum atomic E-state index is 11.1. The Morgan fingerprint density at radius 3 is 2.36 bits per heavy atom. The van der Waals surface area contributed by atoms with Crippen LogP contribution in [0.2, 0.25) is 0 Å². The van der Waals surface area contributed by atoms with Gasteiger partial charge >= 0.3 is 0 Å². The van der Waals surface area contributed by atoms with E-state index in [1.165, 1.54) is 6.08 Å². The van der Waals surface area contributed by atoms with E-state index in [0.717, 1.165) is 12.8 Å². The zero-order valence-corrected chi connectivity index (χ0v) is 8.86. The van der Waals surface area contributed by atoms with Crippen LogP contribution in [0.25, 0.3) is 0 Å². The van der Waals surface area contributed by atoms with Gasteiger partial charge < -0.3 is 10.4 Å². The molecule has 14 heavy (non-hydrogen) atoms. The molecule has 80 valence electrons. The molecule has 1 fully saturated rings. The van der Waals surface area contributed by atoms with Crippen LogP contribution in [0.3, 0.4) is 0 Å². The monoisotopic (exact) mass is 197 g/mol. The Bertz CT molecular complexity index is 215. The first kappa shape index (κ1) is 11.2. The molecular formula is C11H19NO2. The average molecular weight is 197 g/mol. The summed E-state index contributed by atoms with van der Waals surface area (Å²) in [6, 6.07) is 0.189. The van der Waals surface area contributed by atoms with Gasteiger partial charge in [0.25, 0.3) is 0 Å². The van der Waals surface area contributed by atoms with Crippen molar-refractivity contribution in [1.82, 2.24) is 5.32 Å². The van der Waals surface area contributed by atoms with Crippen LogP contribution in [0, 0.1) is 11.8 Å². The highest BCUT2D eigenvalue weighted by Gasteiger charge is 2.31. The molecule has 0 aromatic rings. The van der Waals surface area contributed by atoms with Gasteiger partial charge in [-0.1, -0.05) is 20.4 Å². The predicted molar refractivity (Wildman–Crippen MR) is 55.7 cm³/mol. The second-order valence-corrected chi connectivity index (χ2v) is 4.33. The zero-order valence-electron chi connectivity index (χ0n) is 8.86. The van der Waals surface area contributed by atoms with E-state index in [2.05, 4.69) is 11.9 Å². The number of carbonyl (C=O) groups excluding carboxylic acids is 1. The van der Waals surface area contributed by atoms with Crippen LogP contribution in [-0.2, 0) is 4.79 Å². The van der Waals surface area contributed by atoms with Gasteiger partial charge in [-0.2, -0.15) is 0 Å². The van der Waals surface area contributed by atoms with Crippen LogP contribution in [0.4, 0.5) is 0 Å². The minimum absolute atomic E-state index is 0.120. The number of rotatable bonds is 2. The molecule has 1 rings (SSSR count). The second kappa shape index (κ2) is 4.60. The molecule has 2 unspecified atom stereocenters. The Morgan fingerprint density at radius 1 is 1.43 bits per heavy atom. The van der Waals surface area contributed by atoms with E-state index in [-0.39, 0.29) is 29.9 Å². The summed E-state index contributed by atoms with van der Waals surface area (Å²) in [7, 11) is 0. The van der Waals surface area contributed by atoms with Crippen LogP contribution in [0.5, 0.6) is 0 Å². The molecule has 0 aliphatic heterocycles. The fraction of sp³-hybridized carbons (Fsp3) is 0.727. The van der Waals surface area contributed by atoms with Crippen molar-refractivity contribution in [2.24, 2.45) is 11.8 Å². The fourth-order valence-corrected chi connectivity index (χ4v) is 2.21. The Balaban J connectivity index is 2.49. The molecule has 0 spiro atoms. The van der Waals surface area contributed by atoms with Crippen molar-refractivity contribution in [3.8, 4) is 0 Å². The first-order valence-corrected chi connectivity index (χ1v) is 5.15. The lowest BCUT2D eigenvalue weighted by molar-refractivity contribution is -0.118. The molecule has 1 aliphatic rings. The van der Waals surface area contributed by atoms with E-state index in [4.69, 9.17) is 0 Å². The molecular weight excluding hydrogens is 178 g/mol. The van der Waals surface area contributed by atoms with Gasteiger partial charge in [-0.15, -0.1) is 0 Å². The second-order valence-electron chi connectivity index (χ2n) is 4.33. The van der Waals surface area contributed by atoms with E-state index in [0.29, 0.717) is 0 Å². The molecule has 1 aliphatic carbocycles. The summed E-state index contributed by atoms with van der Waals surface area (Å²) in [6.45, 7) is 7.46. The molecule has 3 nitrogen and oxygen atoms in total. The normalized spacial score (nSPS) is 37.6. The van der Waals surface area contributed by atoms with Crippen molar-refractivity contribution in [2.75, 3.05) is 0 Å². The first-order valence-electron chi connectivity index (χ1n) is 5.15. The van der Waals surface area contributed by atoms with E-state index >= 15 is 0 Å². The molecule has 2 N–H and O–H groups in total. The lowest BCUT2D eigenvalue weighted by Crippen LogP contribution is -2.44. The smallest absolute Gasteiger partial charge is 0.243 e. The molecule has 3 heteroatoms. The van der Waals surface area contributed by atoms with E-state index in [1.807, 2.05) is 13.8 Å². The Hall–Kier alpha value is -0.830. The third-order valence-electron chi connectivity index (χ3n) is 3.01. The van der Waals surface area contributed by atoms with E-state index in [9.17, 15) is 9.90 Å². The Morgan fingerprint density at radius 2 is 1.93 bits per heavy atom. The van der Waals surface area contributed by atoms with Crippen LogP contribution in [0.1, 0.15) is 26.7 Å². The highest BCUT2D eigenvalue weighted by Crippen LogP contribution is 2.28. The Labute approximate surface area is 85.2 Å². The highest BCUT2D eigenvalue weighted by molar-refractivity contribution is 5.87. The summed E-state index contributed by atoms with van der Waals surface area (Å²) >= 11 is 0. The standard InChI is InChI=1S/C11H19NO2/c1-4-10(13)12-9-5-7(2)11(14)8(3)6-9/h4,7-9,11,14H,1,5-6H2,2-3H3,(H,12,13). The molecule has 0 saturated heterocycles. The summed E-state index contributed by atoms with van der Waals surface area (Å²) in [6.07, 6.45) is 2.77. The highest BCUT2D eigenvalue weighted by atomic mass is 16.3. The molecule has 1 amide bonds. The first-order chi connectivity index (χ1) is 6.54. The summed E-state index contributed by atoms with van der Waals surface area (Å²) in [5, 5.41) is 12.6. The van der Waals surface area contributed by atoms with E-state index in [1.54, 1.807) is 0 Å². The van der Waals surface area contributed by atoms with E-state index < -0.39 is 0 Å². The molecule has 1 saturated carbocycles. The predicted octanol–water partition coefficient (Wildman–Crippen LogP) is 1.08. The van der Waals surface area contributed by atoms with Crippen LogP contribution in [0.15, 0.2) is 12.7 Å². The third kappa shape index (κ3) is 2.58. The number of aliphatic hydroxyl groups excluding tert-OH is 1. The number of hydrogen-bond acceptors (Lipinski definition) is 2. The Kier molecular flexibility index (Phi) is 3.69. The lowest BCUT2D eigenvalue weighted by Gasteiger charge is -2.36. The number of aliphatic hydroxyl groups is 1. The molecule has 0 heterocycles. The minimum atomic E-state index is -0.230.